The highest BCUT2D eigenvalue weighted by Gasteiger charge is 2.21. The second-order valence-corrected chi connectivity index (χ2v) is 7.07. The van der Waals surface area contributed by atoms with Crippen LogP contribution in [0.2, 0.25) is 10.0 Å². The Labute approximate surface area is 134 Å². The zero-order chi connectivity index (χ0) is 14.3. The summed E-state index contributed by atoms with van der Waals surface area (Å²) in [4.78, 5) is 4.64. The Bertz CT molecular complexity index is 628. The zero-order valence-electron chi connectivity index (χ0n) is 11.4. The summed E-state index contributed by atoms with van der Waals surface area (Å²) in [5.74, 6) is 1.63. The van der Waals surface area contributed by atoms with Crippen LogP contribution in [0, 0.1) is 5.92 Å². The van der Waals surface area contributed by atoms with Gasteiger partial charge in [-0.3, -0.25) is 0 Å². The second kappa shape index (κ2) is 5.75. The molecule has 2 aromatic rings. The largest absolute Gasteiger partial charge is 0.326 e. The van der Waals surface area contributed by atoms with Crippen molar-refractivity contribution in [1.82, 2.24) is 9.55 Å². The predicted octanol–water partition coefficient (Wildman–Crippen LogP) is 5.83. The number of benzene rings is 1. The summed E-state index contributed by atoms with van der Waals surface area (Å²) in [6.07, 6.45) is 5.24. The van der Waals surface area contributed by atoms with E-state index in [0.717, 1.165) is 29.3 Å². The third kappa shape index (κ3) is 2.66. The van der Waals surface area contributed by atoms with E-state index in [1.807, 2.05) is 19.1 Å². The van der Waals surface area contributed by atoms with Crippen LogP contribution < -0.4 is 0 Å². The van der Waals surface area contributed by atoms with Crippen molar-refractivity contribution < 1.29 is 0 Å². The first-order valence-corrected chi connectivity index (χ1v) is 8.24. The first-order chi connectivity index (χ1) is 9.56. The van der Waals surface area contributed by atoms with Crippen LogP contribution >= 0.6 is 34.8 Å². The molecule has 1 aromatic heterocycles. The van der Waals surface area contributed by atoms with Crippen LogP contribution in [-0.4, -0.2) is 9.55 Å². The molecule has 0 saturated heterocycles. The Kier molecular flexibility index (Phi) is 4.16. The lowest BCUT2D eigenvalue weighted by atomic mass is 10.1. The van der Waals surface area contributed by atoms with E-state index in [4.69, 9.17) is 34.8 Å². The molecule has 1 unspecified atom stereocenters. The maximum Gasteiger partial charge on any atom is 0.127 e. The maximum absolute atomic E-state index is 6.30. The molecular weight excluding hydrogens is 315 g/mol. The van der Waals surface area contributed by atoms with Crippen molar-refractivity contribution in [2.45, 2.75) is 44.5 Å². The van der Waals surface area contributed by atoms with E-state index >= 15 is 0 Å². The van der Waals surface area contributed by atoms with E-state index in [9.17, 15) is 0 Å². The molecule has 0 bridgehead atoms. The third-order valence-electron chi connectivity index (χ3n) is 4.09. The minimum Gasteiger partial charge on any atom is -0.326 e. The van der Waals surface area contributed by atoms with Crippen molar-refractivity contribution >= 4 is 45.8 Å². The molecule has 0 spiro atoms. The molecule has 2 nitrogen and oxygen atoms in total. The highest BCUT2D eigenvalue weighted by Crippen LogP contribution is 2.34. The van der Waals surface area contributed by atoms with Gasteiger partial charge in [0.25, 0.3) is 0 Å². The van der Waals surface area contributed by atoms with Crippen LogP contribution in [0.5, 0.6) is 0 Å². The van der Waals surface area contributed by atoms with Gasteiger partial charge in [-0.1, -0.05) is 36.0 Å². The molecule has 1 saturated carbocycles. The fraction of sp³-hybridized carbons (Fsp3) is 0.533. The Morgan fingerprint density at radius 3 is 2.55 bits per heavy atom. The number of hydrogen-bond acceptors (Lipinski definition) is 1. The minimum absolute atomic E-state index is 0.124. The van der Waals surface area contributed by atoms with Crippen molar-refractivity contribution in [3.63, 3.8) is 0 Å². The first kappa shape index (κ1) is 14.5. The van der Waals surface area contributed by atoms with Gasteiger partial charge in [0, 0.05) is 6.54 Å². The fourth-order valence-corrected chi connectivity index (χ4v) is 3.57. The number of imidazole rings is 1. The predicted molar refractivity (Wildman–Crippen MR) is 86.0 cm³/mol. The van der Waals surface area contributed by atoms with E-state index < -0.39 is 0 Å². The number of aromatic nitrogens is 2. The second-order valence-electron chi connectivity index (χ2n) is 5.60. The summed E-state index contributed by atoms with van der Waals surface area (Å²) in [5.41, 5.74) is 1.91. The standard InChI is InChI=1S/C15H17Cl3N2/c1-9(16)15-19-13-6-11(17)12(18)7-14(13)20(15)8-10-4-2-3-5-10/h6-7,9-10H,2-5,8H2,1H3. The number of alkyl halides is 1. The summed E-state index contributed by atoms with van der Waals surface area (Å²) in [5, 5.41) is 0.986. The van der Waals surface area contributed by atoms with Gasteiger partial charge in [0.1, 0.15) is 5.82 Å². The monoisotopic (exact) mass is 330 g/mol. The van der Waals surface area contributed by atoms with Crippen molar-refractivity contribution in [3.05, 3.63) is 28.0 Å². The van der Waals surface area contributed by atoms with Crippen LogP contribution in [0.4, 0.5) is 0 Å². The van der Waals surface area contributed by atoms with Crippen molar-refractivity contribution in [2.75, 3.05) is 0 Å². The molecule has 108 valence electrons. The molecule has 0 amide bonds. The van der Waals surface area contributed by atoms with Crippen molar-refractivity contribution in [3.8, 4) is 0 Å². The summed E-state index contributed by atoms with van der Waals surface area (Å²) in [7, 11) is 0. The lowest BCUT2D eigenvalue weighted by molar-refractivity contribution is 0.454. The van der Waals surface area contributed by atoms with Gasteiger partial charge in [-0.2, -0.15) is 0 Å². The lowest BCUT2D eigenvalue weighted by Gasteiger charge is -2.15. The van der Waals surface area contributed by atoms with Gasteiger partial charge >= 0.3 is 0 Å². The summed E-state index contributed by atoms with van der Waals surface area (Å²) in [6, 6.07) is 3.73. The number of halogens is 3. The van der Waals surface area contributed by atoms with Gasteiger partial charge in [-0.05, 0) is 37.8 Å². The van der Waals surface area contributed by atoms with E-state index in [2.05, 4.69) is 9.55 Å². The fourth-order valence-electron chi connectivity index (χ4n) is 3.09. The van der Waals surface area contributed by atoms with Crippen molar-refractivity contribution in [1.29, 1.82) is 0 Å². The molecule has 1 fully saturated rings. The van der Waals surface area contributed by atoms with Gasteiger partial charge in [-0.25, -0.2) is 4.98 Å². The van der Waals surface area contributed by atoms with Gasteiger partial charge in [0.05, 0.1) is 26.5 Å². The molecule has 5 heteroatoms. The van der Waals surface area contributed by atoms with Gasteiger partial charge in [0.15, 0.2) is 0 Å². The van der Waals surface area contributed by atoms with E-state index in [1.54, 1.807) is 0 Å². The molecule has 1 heterocycles. The van der Waals surface area contributed by atoms with Crippen molar-refractivity contribution in [2.24, 2.45) is 5.92 Å². The Morgan fingerprint density at radius 2 is 1.90 bits per heavy atom. The molecule has 1 aliphatic carbocycles. The number of nitrogens with zero attached hydrogens (tertiary/aromatic N) is 2. The van der Waals surface area contributed by atoms with Crippen LogP contribution in [-0.2, 0) is 6.54 Å². The summed E-state index contributed by atoms with van der Waals surface area (Å²) < 4.78 is 2.23. The van der Waals surface area contributed by atoms with E-state index in [1.165, 1.54) is 25.7 Å². The topological polar surface area (TPSA) is 17.8 Å². The molecule has 0 N–H and O–H groups in total. The lowest BCUT2D eigenvalue weighted by Crippen LogP contribution is -2.11. The highest BCUT2D eigenvalue weighted by molar-refractivity contribution is 6.42. The van der Waals surface area contributed by atoms with Crippen LogP contribution in [0.15, 0.2) is 12.1 Å². The van der Waals surface area contributed by atoms with Crippen LogP contribution in [0.1, 0.15) is 43.8 Å². The van der Waals surface area contributed by atoms with Gasteiger partial charge < -0.3 is 4.57 Å². The van der Waals surface area contributed by atoms with Crippen LogP contribution in [0.25, 0.3) is 11.0 Å². The van der Waals surface area contributed by atoms with Gasteiger partial charge in [-0.15, -0.1) is 11.6 Å². The smallest absolute Gasteiger partial charge is 0.127 e. The Morgan fingerprint density at radius 1 is 1.25 bits per heavy atom. The minimum atomic E-state index is -0.124. The quantitative estimate of drug-likeness (QED) is 0.647. The Balaban J connectivity index is 2.10. The number of hydrogen-bond donors (Lipinski definition) is 0. The molecule has 0 radical (unpaired) electrons. The Hall–Kier alpha value is -0.440. The molecule has 1 aliphatic rings. The normalized spacial score (nSPS) is 18.0. The molecule has 20 heavy (non-hydrogen) atoms. The zero-order valence-corrected chi connectivity index (χ0v) is 13.6. The van der Waals surface area contributed by atoms with E-state index in [-0.39, 0.29) is 5.38 Å². The summed E-state index contributed by atoms with van der Waals surface area (Å²) >= 11 is 18.5. The van der Waals surface area contributed by atoms with Gasteiger partial charge in [0.2, 0.25) is 0 Å². The number of fused-ring (bicyclic) bond motifs is 1. The van der Waals surface area contributed by atoms with Crippen LogP contribution in [0.3, 0.4) is 0 Å². The van der Waals surface area contributed by atoms with E-state index in [0.29, 0.717) is 10.0 Å². The number of rotatable bonds is 3. The SMILES string of the molecule is CC(Cl)c1nc2cc(Cl)c(Cl)cc2n1CC1CCCC1. The molecule has 1 atom stereocenters. The molecular formula is C15H17Cl3N2. The summed E-state index contributed by atoms with van der Waals surface area (Å²) in [6.45, 7) is 2.93. The molecule has 0 aliphatic heterocycles. The molecule has 3 rings (SSSR count). The average Bonchev–Trinajstić information content (AvgIpc) is 3.00. The third-order valence-corrected chi connectivity index (χ3v) is 5.01. The molecule has 1 aromatic carbocycles. The maximum atomic E-state index is 6.30. The first-order valence-electron chi connectivity index (χ1n) is 7.05. The average molecular weight is 332 g/mol. The highest BCUT2D eigenvalue weighted by atomic mass is 35.5.